The van der Waals surface area contributed by atoms with Crippen LogP contribution in [0.2, 0.25) is 0 Å². The molecule has 0 amide bonds. The average molecular weight is 181 g/mol. The molecule has 0 aliphatic carbocycles. The van der Waals surface area contributed by atoms with Gasteiger partial charge in [0.2, 0.25) is 0 Å². The molecule has 0 aliphatic heterocycles. The summed E-state index contributed by atoms with van der Waals surface area (Å²) in [5.74, 6) is 0.867. The summed E-state index contributed by atoms with van der Waals surface area (Å²) in [5, 5.41) is 0. The van der Waals surface area contributed by atoms with E-state index in [0.717, 1.165) is 17.0 Å². The lowest BCUT2D eigenvalue weighted by Crippen LogP contribution is -2.05. The van der Waals surface area contributed by atoms with E-state index in [1.54, 1.807) is 7.11 Å². The maximum atomic E-state index is 5.60. The summed E-state index contributed by atoms with van der Waals surface area (Å²) >= 11 is 0. The Hall–Kier alpha value is -1.22. The molecule has 1 aromatic carbocycles. The second-order valence-electron chi connectivity index (χ2n) is 2.87. The predicted octanol–water partition coefficient (Wildman–Crippen LogP) is 1.60. The van der Waals surface area contributed by atoms with Gasteiger partial charge >= 0.3 is 0 Å². The number of nitrogens with two attached hydrogens (primary N) is 1. The van der Waals surface area contributed by atoms with E-state index in [9.17, 15) is 0 Å². The third kappa shape index (κ3) is 2.95. The van der Waals surface area contributed by atoms with Crippen LogP contribution in [-0.4, -0.2) is 20.3 Å². The van der Waals surface area contributed by atoms with E-state index in [2.05, 4.69) is 0 Å². The lowest BCUT2D eigenvalue weighted by atomic mass is 10.2. The van der Waals surface area contributed by atoms with Gasteiger partial charge in [-0.05, 0) is 30.7 Å². The predicted molar refractivity (Wildman–Crippen MR) is 53.0 cm³/mol. The fourth-order valence-electron chi connectivity index (χ4n) is 1.07. The van der Waals surface area contributed by atoms with Crippen LogP contribution in [0.5, 0.6) is 5.75 Å². The number of benzene rings is 1. The number of hydrogen-bond acceptors (Lipinski definition) is 3. The van der Waals surface area contributed by atoms with Gasteiger partial charge in [-0.1, -0.05) is 0 Å². The molecule has 0 heterocycles. The lowest BCUT2D eigenvalue weighted by molar-refractivity contribution is 0.146. The highest BCUT2D eigenvalue weighted by Crippen LogP contribution is 2.19. The summed E-state index contributed by atoms with van der Waals surface area (Å²) in [6.07, 6.45) is 0. The highest BCUT2D eigenvalue weighted by molar-refractivity contribution is 5.47. The van der Waals surface area contributed by atoms with E-state index in [1.807, 2.05) is 25.1 Å². The zero-order valence-electron chi connectivity index (χ0n) is 8.04. The number of ether oxygens (including phenoxy) is 2. The monoisotopic (exact) mass is 181 g/mol. The molecule has 13 heavy (non-hydrogen) atoms. The summed E-state index contributed by atoms with van der Waals surface area (Å²) in [6.45, 7) is 3.14. The Bertz CT molecular complexity index is 274. The van der Waals surface area contributed by atoms with Crippen molar-refractivity contribution in [1.29, 1.82) is 0 Å². The van der Waals surface area contributed by atoms with Gasteiger partial charge in [-0.3, -0.25) is 0 Å². The molecular formula is C10H15NO2. The number of methoxy groups -OCH3 is 1. The first kappa shape index (κ1) is 9.86. The molecule has 0 fully saturated rings. The second-order valence-corrected chi connectivity index (χ2v) is 2.87. The van der Waals surface area contributed by atoms with Gasteiger partial charge in [0.25, 0.3) is 0 Å². The molecule has 0 bridgehead atoms. The van der Waals surface area contributed by atoms with E-state index >= 15 is 0 Å². The van der Waals surface area contributed by atoms with Crippen molar-refractivity contribution in [3.05, 3.63) is 23.8 Å². The number of anilines is 1. The van der Waals surface area contributed by atoms with Crippen molar-refractivity contribution < 1.29 is 9.47 Å². The first-order valence-corrected chi connectivity index (χ1v) is 4.22. The molecule has 0 radical (unpaired) electrons. The zero-order chi connectivity index (χ0) is 9.68. The van der Waals surface area contributed by atoms with Crippen LogP contribution in [0.1, 0.15) is 5.56 Å². The maximum absolute atomic E-state index is 5.60. The van der Waals surface area contributed by atoms with Crippen LogP contribution in [-0.2, 0) is 4.74 Å². The summed E-state index contributed by atoms with van der Waals surface area (Å²) in [4.78, 5) is 0. The topological polar surface area (TPSA) is 44.5 Å². The van der Waals surface area contributed by atoms with Crippen LogP contribution in [0, 0.1) is 6.92 Å². The molecule has 0 unspecified atom stereocenters. The fourth-order valence-corrected chi connectivity index (χ4v) is 1.07. The second kappa shape index (κ2) is 4.72. The van der Waals surface area contributed by atoms with Crippen LogP contribution >= 0.6 is 0 Å². The van der Waals surface area contributed by atoms with Crippen LogP contribution in [0.15, 0.2) is 18.2 Å². The van der Waals surface area contributed by atoms with Crippen molar-refractivity contribution in [2.45, 2.75) is 6.92 Å². The average Bonchev–Trinajstić information content (AvgIpc) is 2.09. The standard InChI is InChI=1S/C10H15NO2/c1-8-7-9(11)3-4-10(8)13-6-5-12-2/h3-4,7H,5-6,11H2,1-2H3. The van der Waals surface area contributed by atoms with E-state index < -0.39 is 0 Å². The van der Waals surface area contributed by atoms with E-state index in [0.29, 0.717) is 13.2 Å². The summed E-state index contributed by atoms with van der Waals surface area (Å²) in [5.41, 5.74) is 7.41. The van der Waals surface area contributed by atoms with Crippen LogP contribution in [0.3, 0.4) is 0 Å². The first-order valence-electron chi connectivity index (χ1n) is 4.22. The molecule has 0 spiro atoms. The van der Waals surface area contributed by atoms with Crippen molar-refractivity contribution in [2.24, 2.45) is 0 Å². The molecule has 2 N–H and O–H groups in total. The Kier molecular flexibility index (Phi) is 3.58. The van der Waals surface area contributed by atoms with Gasteiger partial charge in [-0.2, -0.15) is 0 Å². The van der Waals surface area contributed by atoms with Crippen LogP contribution in [0.25, 0.3) is 0 Å². The maximum Gasteiger partial charge on any atom is 0.122 e. The van der Waals surface area contributed by atoms with Gasteiger partial charge < -0.3 is 15.2 Å². The third-order valence-corrected chi connectivity index (χ3v) is 1.74. The largest absolute Gasteiger partial charge is 0.491 e. The normalized spacial score (nSPS) is 10.0. The third-order valence-electron chi connectivity index (χ3n) is 1.74. The van der Waals surface area contributed by atoms with Crippen molar-refractivity contribution in [1.82, 2.24) is 0 Å². The summed E-state index contributed by atoms with van der Waals surface area (Å²) in [6, 6.07) is 5.59. The number of rotatable bonds is 4. The number of nitrogen functional groups attached to an aromatic ring is 1. The molecule has 3 nitrogen and oxygen atoms in total. The van der Waals surface area contributed by atoms with Gasteiger partial charge in [0, 0.05) is 12.8 Å². The van der Waals surface area contributed by atoms with E-state index in [4.69, 9.17) is 15.2 Å². The molecule has 0 aromatic heterocycles. The van der Waals surface area contributed by atoms with Crippen molar-refractivity contribution in [3.63, 3.8) is 0 Å². The van der Waals surface area contributed by atoms with Crippen molar-refractivity contribution in [2.75, 3.05) is 26.1 Å². The molecule has 72 valence electrons. The molecule has 0 aliphatic rings. The highest BCUT2D eigenvalue weighted by Gasteiger charge is 1.98. The van der Waals surface area contributed by atoms with Gasteiger partial charge in [0.1, 0.15) is 12.4 Å². The van der Waals surface area contributed by atoms with Gasteiger partial charge in [-0.25, -0.2) is 0 Å². The Morgan fingerprint density at radius 2 is 2.08 bits per heavy atom. The molecule has 1 rings (SSSR count). The Morgan fingerprint density at radius 3 is 2.69 bits per heavy atom. The van der Waals surface area contributed by atoms with Crippen molar-refractivity contribution in [3.8, 4) is 5.75 Å². The SMILES string of the molecule is COCCOc1ccc(N)cc1C. The summed E-state index contributed by atoms with van der Waals surface area (Å²) < 4.78 is 10.3. The Morgan fingerprint density at radius 1 is 1.31 bits per heavy atom. The minimum Gasteiger partial charge on any atom is -0.491 e. The van der Waals surface area contributed by atoms with E-state index in [-0.39, 0.29) is 0 Å². The first-order chi connectivity index (χ1) is 6.24. The zero-order valence-corrected chi connectivity index (χ0v) is 8.04. The lowest BCUT2D eigenvalue weighted by Gasteiger charge is -2.08. The van der Waals surface area contributed by atoms with Gasteiger partial charge in [0.15, 0.2) is 0 Å². The highest BCUT2D eigenvalue weighted by atomic mass is 16.5. The number of hydrogen-bond donors (Lipinski definition) is 1. The minimum absolute atomic E-state index is 0.571. The molecule has 1 aromatic rings. The van der Waals surface area contributed by atoms with Gasteiger partial charge in [0.05, 0.1) is 6.61 Å². The minimum atomic E-state index is 0.571. The van der Waals surface area contributed by atoms with E-state index in [1.165, 1.54) is 0 Å². The van der Waals surface area contributed by atoms with Gasteiger partial charge in [-0.15, -0.1) is 0 Å². The number of aryl methyl sites for hydroxylation is 1. The smallest absolute Gasteiger partial charge is 0.122 e. The molecule has 0 atom stereocenters. The molecule has 3 heteroatoms. The summed E-state index contributed by atoms with van der Waals surface area (Å²) in [7, 11) is 1.65. The molecular weight excluding hydrogens is 166 g/mol. The molecule has 0 saturated heterocycles. The Balaban J connectivity index is 2.56. The fraction of sp³-hybridized carbons (Fsp3) is 0.400. The Labute approximate surface area is 78.5 Å². The molecule has 0 saturated carbocycles. The van der Waals surface area contributed by atoms with Crippen LogP contribution in [0.4, 0.5) is 5.69 Å². The van der Waals surface area contributed by atoms with Crippen molar-refractivity contribution >= 4 is 5.69 Å². The van der Waals surface area contributed by atoms with Crippen LogP contribution < -0.4 is 10.5 Å². The quantitative estimate of drug-likeness (QED) is 0.567.